The molecular weight excluding hydrogens is 230 g/mol. The first-order valence-corrected chi connectivity index (χ1v) is 7.90. The highest BCUT2D eigenvalue weighted by atomic mass is 15.3. The molecule has 0 heterocycles. The van der Waals surface area contributed by atoms with Gasteiger partial charge in [-0.25, -0.2) is 0 Å². The first kappa shape index (κ1) is 16.2. The summed E-state index contributed by atoms with van der Waals surface area (Å²) in [7, 11) is 6.80. The van der Waals surface area contributed by atoms with Crippen LogP contribution >= 0.6 is 0 Å². The summed E-state index contributed by atoms with van der Waals surface area (Å²) in [6.45, 7) is 3.41. The van der Waals surface area contributed by atoms with E-state index in [2.05, 4.69) is 52.3 Å². The third-order valence-corrected chi connectivity index (χ3v) is 3.56. The van der Waals surface area contributed by atoms with Crippen LogP contribution in [0.4, 0.5) is 0 Å². The molecule has 0 amide bonds. The second kappa shape index (κ2) is 8.37. The average molecular weight is 262 g/mol. The van der Waals surface area contributed by atoms with Crippen molar-refractivity contribution in [1.29, 1.82) is 0 Å². The van der Waals surface area contributed by atoms with E-state index in [4.69, 9.17) is 0 Å². The molecule has 1 aromatic rings. The molecule has 1 nitrogen and oxygen atoms in total. The van der Waals surface area contributed by atoms with Crippen molar-refractivity contribution in [3.63, 3.8) is 0 Å². The van der Waals surface area contributed by atoms with E-state index in [1.54, 1.807) is 5.56 Å². The summed E-state index contributed by atoms with van der Waals surface area (Å²) >= 11 is 0. The molecule has 0 atom stereocenters. The Morgan fingerprint density at radius 2 is 1.37 bits per heavy atom. The zero-order valence-corrected chi connectivity index (χ0v) is 13.4. The van der Waals surface area contributed by atoms with Gasteiger partial charge in [-0.05, 0) is 18.4 Å². The summed E-state index contributed by atoms with van der Waals surface area (Å²) in [6, 6.07) is 8.98. The van der Waals surface area contributed by atoms with Crippen LogP contribution in [0.25, 0.3) is 0 Å². The van der Waals surface area contributed by atoms with Crippen molar-refractivity contribution in [1.82, 2.24) is 0 Å². The summed E-state index contributed by atoms with van der Waals surface area (Å²) in [5.41, 5.74) is 3.09. The number of quaternary nitrogens is 1. The van der Waals surface area contributed by atoms with Crippen molar-refractivity contribution >= 4 is 0 Å². The Labute approximate surface area is 120 Å². The summed E-state index contributed by atoms with van der Waals surface area (Å²) in [5.74, 6) is 0. The molecule has 0 aliphatic carbocycles. The van der Waals surface area contributed by atoms with Crippen molar-refractivity contribution in [3.05, 3.63) is 35.4 Å². The molecule has 0 N–H and O–H groups in total. The predicted octanol–water partition coefficient (Wildman–Crippen LogP) is 4.80. The topological polar surface area (TPSA) is 0 Å². The maximum atomic E-state index is 2.32. The van der Waals surface area contributed by atoms with Crippen molar-refractivity contribution in [2.75, 3.05) is 21.1 Å². The lowest BCUT2D eigenvalue weighted by molar-refractivity contribution is -0.884. The molecule has 19 heavy (non-hydrogen) atoms. The second-order valence-corrected chi connectivity index (χ2v) is 6.73. The molecule has 0 aliphatic rings. The number of rotatable bonds is 9. The molecule has 0 unspecified atom stereocenters. The summed E-state index contributed by atoms with van der Waals surface area (Å²) in [5, 5.41) is 0. The fourth-order valence-electron chi connectivity index (χ4n) is 2.56. The minimum absolute atomic E-state index is 1.01. The maximum absolute atomic E-state index is 2.32. The Hall–Kier alpha value is -0.820. The van der Waals surface area contributed by atoms with E-state index in [9.17, 15) is 0 Å². The number of hydrogen-bond acceptors (Lipinski definition) is 0. The number of benzene rings is 1. The largest absolute Gasteiger partial charge is 0.327 e. The van der Waals surface area contributed by atoms with E-state index in [-0.39, 0.29) is 0 Å². The standard InChI is InChI=1S/C18H32N/c1-5-6-7-8-9-10-13-17-14-11-12-15-18(17)16-19(2,3)4/h11-12,14-15H,5-10,13,16H2,1-4H3/q+1. The van der Waals surface area contributed by atoms with Gasteiger partial charge in [0.2, 0.25) is 0 Å². The highest BCUT2D eigenvalue weighted by Crippen LogP contribution is 2.16. The highest BCUT2D eigenvalue weighted by Gasteiger charge is 2.11. The van der Waals surface area contributed by atoms with Crippen molar-refractivity contribution in [3.8, 4) is 0 Å². The molecule has 0 aliphatic heterocycles. The van der Waals surface area contributed by atoms with E-state index >= 15 is 0 Å². The van der Waals surface area contributed by atoms with Gasteiger partial charge in [0.25, 0.3) is 0 Å². The Morgan fingerprint density at radius 1 is 0.789 bits per heavy atom. The lowest BCUT2D eigenvalue weighted by Gasteiger charge is -2.25. The molecule has 0 saturated carbocycles. The number of aryl methyl sites for hydroxylation is 1. The first-order chi connectivity index (χ1) is 9.03. The molecule has 0 aromatic heterocycles. The molecule has 0 radical (unpaired) electrons. The van der Waals surface area contributed by atoms with E-state index in [1.165, 1.54) is 50.5 Å². The van der Waals surface area contributed by atoms with Crippen LogP contribution in [0, 0.1) is 0 Å². The second-order valence-electron chi connectivity index (χ2n) is 6.73. The summed E-state index contributed by atoms with van der Waals surface area (Å²) < 4.78 is 1.01. The van der Waals surface area contributed by atoms with Crippen molar-refractivity contribution in [2.45, 2.75) is 58.4 Å². The number of hydrogen-bond donors (Lipinski definition) is 0. The Morgan fingerprint density at radius 3 is 2.00 bits per heavy atom. The molecule has 0 fully saturated rings. The van der Waals surface area contributed by atoms with Crippen molar-refractivity contribution in [2.24, 2.45) is 0 Å². The normalized spacial score (nSPS) is 11.8. The van der Waals surface area contributed by atoms with E-state index in [1.807, 2.05) is 0 Å². The van der Waals surface area contributed by atoms with Gasteiger partial charge in [-0.3, -0.25) is 0 Å². The van der Waals surface area contributed by atoms with Gasteiger partial charge < -0.3 is 4.48 Å². The third-order valence-electron chi connectivity index (χ3n) is 3.56. The molecule has 1 aromatic carbocycles. The predicted molar refractivity (Wildman–Crippen MR) is 85.3 cm³/mol. The number of nitrogens with zero attached hydrogens (tertiary/aromatic N) is 1. The maximum Gasteiger partial charge on any atom is 0.104 e. The molecular formula is C18H32N+. The molecule has 1 rings (SSSR count). The lowest BCUT2D eigenvalue weighted by atomic mass is 10.00. The molecule has 1 heteroatoms. The van der Waals surface area contributed by atoms with Crippen molar-refractivity contribution < 1.29 is 4.48 Å². The fourth-order valence-corrected chi connectivity index (χ4v) is 2.56. The van der Waals surface area contributed by atoms with Gasteiger partial charge in [0, 0.05) is 5.56 Å². The monoisotopic (exact) mass is 262 g/mol. The SMILES string of the molecule is CCCCCCCCc1ccccc1C[N+](C)(C)C. The quantitative estimate of drug-likeness (QED) is 0.443. The minimum atomic E-state index is 1.01. The molecule has 108 valence electrons. The van der Waals surface area contributed by atoms with Gasteiger partial charge in [-0.15, -0.1) is 0 Å². The zero-order chi connectivity index (χ0) is 14.1. The van der Waals surface area contributed by atoms with Crippen LogP contribution in [0.15, 0.2) is 24.3 Å². The van der Waals surface area contributed by atoms with Gasteiger partial charge in [0.1, 0.15) is 6.54 Å². The third kappa shape index (κ3) is 7.37. The van der Waals surface area contributed by atoms with E-state index < -0.39 is 0 Å². The van der Waals surface area contributed by atoms with Gasteiger partial charge in [0.05, 0.1) is 21.1 Å². The van der Waals surface area contributed by atoms with Crippen LogP contribution in [-0.4, -0.2) is 25.6 Å². The molecule has 0 saturated heterocycles. The van der Waals surface area contributed by atoms with Gasteiger partial charge in [-0.1, -0.05) is 63.3 Å². The summed E-state index contributed by atoms with van der Waals surface area (Å²) in [6.07, 6.45) is 9.55. The van der Waals surface area contributed by atoms with Crippen LogP contribution in [-0.2, 0) is 13.0 Å². The van der Waals surface area contributed by atoms with Crippen LogP contribution in [0.5, 0.6) is 0 Å². The van der Waals surface area contributed by atoms with Crippen LogP contribution in [0.1, 0.15) is 56.6 Å². The lowest BCUT2D eigenvalue weighted by Crippen LogP contribution is -2.33. The van der Waals surface area contributed by atoms with Crippen LogP contribution in [0.2, 0.25) is 0 Å². The van der Waals surface area contributed by atoms with Crippen LogP contribution < -0.4 is 0 Å². The van der Waals surface area contributed by atoms with Gasteiger partial charge in [0.15, 0.2) is 0 Å². The van der Waals surface area contributed by atoms with E-state index in [0.717, 1.165) is 11.0 Å². The number of unbranched alkanes of at least 4 members (excludes halogenated alkanes) is 5. The molecule has 0 spiro atoms. The van der Waals surface area contributed by atoms with Gasteiger partial charge >= 0.3 is 0 Å². The van der Waals surface area contributed by atoms with Crippen LogP contribution in [0.3, 0.4) is 0 Å². The zero-order valence-electron chi connectivity index (χ0n) is 13.4. The van der Waals surface area contributed by atoms with Gasteiger partial charge in [-0.2, -0.15) is 0 Å². The van der Waals surface area contributed by atoms with E-state index in [0.29, 0.717) is 0 Å². The smallest absolute Gasteiger partial charge is 0.104 e. The first-order valence-electron chi connectivity index (χ1n) is 7.90. The molecule has 0 bridgehead atoms. The minimum Gasteiger partial charge on any atom is -0.327 e. The fraction of sp³-hybridized carbons (Fsp3) is 0.667. The average Bonchev–Trinajstić information content (AvgIpc) is 2.33. The highest BCUT2D eigenvalue weighted by molar-refractivity contribution is 5.26. The Bertz CT molecular complexity index is 349. The summed E-state index contributed by atoms with van der Waals surface area (Å²) in [4.78, 5) is 0. The Kier molecular flexibility index (Phi) is 7.15. The Balaban J connectivity index is 2.40.